The molecule has 4 heteroatoms. The fourth-order valence-corrected chi connectivity index (χ4v) is 2.05. The number of anilines is 1. The van der Waals surface area contributed by atoms with Crippen molar-refractivity contribution in [1.82, 2.24) is 4.98 Å². The van der Waals surface area contributed by atoms with Gasteiger partial charge in [0.05, 0.1) is 22.9 Å². The molecule has 0 unspecified atom stereocenters. The number of carbonyl (C=O) groups is 1. The molecule has 1 aliphatic heterocycles. The minimum Gasteiger partial charge on any atom is -0.363 e. The first-order valence-corrected chi connectivity index (χ1v) is 5.44. The minimum absolute atomic E-state index is 0.284. The lowest BCUT2D eigenvalue weighted by Crippen LogP contribution is -2.35. The minimum atomic E-state index is 0.284. The number of hydrogen-bond acceptors (Lipinski definition) is 3. The van der Waals surface area contributed by atoms with E-state index in [-0.39, 0.29) is 5.78 Å². The van der Waals surface area contributed by atoms with Crippen LogP contribution < -0.4 is 4.90 Å². The summed E-state index contributed by atoms with van der Waals surface area (Å²) < 4.78 is 0. The number of nitrogens with zero attached hydrogens (tertiary/aromatic N) is 2. The van der Waals surface area contributed by atoms with E-state index < -0.39 is 0 Å². The van der Waals surface area contributed by atoms with Gasteiger partial charge in [0.25, 0.3) is 0 Å². The predicted octanol–water partition coefficient (Wildman–Crippen LogP) is 2.21. The van der Waals surface area contributed by atoms with E-state index in [1.54, 1.807) is 6.20 Å². The van der Waals surface area contributed by atoms with Crippen LogP contribution in [-0.4, -0.2) is 23.9 Å². The Bertz CT molecular complexity index is 392. The van der Waals surface area contributed by atoms with Gasteiger partial charge >= 0.3 is 0 Å². The van der Waals surface area contributed by atoms with Crippen molar-refractivity contribution in [2.24, 2.45) is 0 Å². The Labute approximate surface area is 94.1 Å². The zero-order chi connectivity index (χ0) is 10.8. The van der Waals surface area contributed by atoms with Crippen LogP contribution in [0.4, 0.5) is 5.69 Å². The van der Waals surface area contributed by atoms with E-state index in [1.165, 1.54) is 0 Å². The average molecular weight is 225 g/mol. The molecule has 3 nitrogen and oxygen atoms in total. The van der Waals surface area contributed by atoms with E-state index in [2.05, 4.69) is 4.98 Å². The molecule has 0 aromatic carbocycles. The third-order valence-corrected chi connectivity index (χ3v) is 3.10. The molecule has 2 heterocycles. The molecule has 0 bridgehead atoms. The van der Waals surface area contributed by atoms with Gasteiger partial charge < -0.3 is 4.90 Å². The van der Waals surface area contributed by atoms with Gasteiger partial charge in [0.2, 0.25) is 0 Å². The third-order valence-electron chi connectivity index (χ3n) is 2.63. The van der Waals surface area contributed by atoms with Gasteiger partial charge in [-0.25, -0.2) is 0 Å². The SMILES string of the molecule is Cc1nccc(N2CCCC(=O)C2)c1Cl. The van der Waals surface area contributed by atoms with Crippen LogP contribution in [0.3, 0.4) is 0 Å². The van der Waals surface area contributed by atoms with Gasteiger partial charge in [-0.15, -0.1) is 0 Å². The Kier molecular flexibility index (Phi) is 2.91. The molecule has 1 aliphatic rings. The summed E-state index contributed by atoms with van der Waals surface area (Å²) in [5.74, 6) is 0.284. The number of rotatable bonds is 1. The van der Waals surface area contributed by atoms with Crippen molar-refractivity contribution < 1.29 is 4.79 Å². The summed E-state index contributed by atoms with van der Waals surface area (Å²) in [6.07, 6.45) is 3.34. The van der Waals surface area contributed by atoms with Gasteiger partial charge in [-0.1, -0.05) is 11.6 Å². The molecule has 0 radical (unpaired) electrons. The maximum atomic E-state index is 11.3. The van der Waals surface area contributed by atoms with E-state index in [0.717, 1.165) is 24.3 Å². The summed E-state index contributed by atoms with van der Waals surface area (Å²) in [7, 11) is 0. The number of Topliss-reactive ketones (excluding diaryl/α,β-unsaturated/α-hetero) is 1. The molecule has 1 saturated heterocycles. The monoisotopic (exact) mass is 224 g/mol. The van der Waals surface area contributed by atoms with Gasteiger partial charge in [0.1, 0.15) is 0 Å². The number of pyridine rings is 1. The molecule has 0 amide bonds. The molecule has 0 saturated carbocycles. The van der Waals surface area contributed by atoms with Crippen molar-refractivity contribution in [3.8, 4) is 0 Å². The molecule has 1 fully saturated rings. The van der Waals surface area contributed by atoms with Gasteiger partial charge in [0, 0.05) is 19.2 Å². The highest BCUT2D eigenvalue weighted by Gasteiger charge is 2.19. The first kappa shape index (κ1) is 10.4. The average Bonchev–Trinajstić information content (AvgIpc) is 2.22. The van der Waals surface area contributed by atoms with E-state index >= 15 is 0 Å². The Balaban J connectivity index is 2.28. The zero-order valence-corrected chi connectivity index (χ0v) is 9.42. The summed E-state index contributed by atoms with van der Waals surface area (Å²) in [5.41, 5.74) is 1.74. The molecular weight excluding hydrogens is 212 g/mol. The number of aryl methyl sites for hydroxylation is 1. The maximum Gasteiger partial charge on any atom is 0.152 e. The molecule has 0 N–H and O–H groups in total. The molecule has 1 aromatic rings. The highest BCUT2D eigenvalue weighted by atomic mass is 35.5. The number of hydrogen-bond donors (Lipinski definition) is 0. The van der Waals surface area contributed by atoms with Crippen LogP contribution in [-0.2, 0) is 4.79 Å². The van der Waals surface area contributed by atoms with Crippen LogP contribution >= 0.6 is 11.6 Å². The number of carbonyl (C=O) groups excluding carboxylic acids is 1. The fourth-order valence-electron chi connectivity index (χ4n) is 1.82. The lowest BCUT2D eigenvalue weighted by molar-refractivity contribution is -0.118. The van der Waals surface area contributed by atoms with Crippen LogP contribution in [0.25, 0.3) is 0 Å². The van der Waals surface area contributed by atoms with Gasteiger partial charge in [-0.3, -0.25) is 9.78 Å². The summed E-state index contributed by atoms with van der Waals surface area (Å²) in [4.78, 5) is 17.5. The predicted molar refractivity (Wildman–Crippen MR) is 60.4 cm³/mol. The molecule has 15 heavy (non-hydrogen) atoms. The summed E-state index contributed by atoms with van der Waals surface area (Å²) in [6.45, 7) is 3.25. The number of halogens is 1. The van der Waals surface area contributed by atoms with Crippen molar-refractivity contribution in [1.29, 1.82) is 0 Å². The Morgan fingerprint density at radius 1 is 1.53 bits per heavy atom. The Hall–Kier alpha value is -1.09. The molecule has 0 spiro atoms. The first-order chi connectivity index (χ1) is 7.18. The van der Waals surface area contributed by atoms with Crippen LogP contribution in [0.15, 0.2) is 12.3 Å². The number of aromatic nitrogens is 1. The van der Waals surface area contributed by atoms with Gasteiger partial charge in [-0.2, -0.15) is 0 Å². The summed E-state index contributed by atoms with van der Waals surface area (Å²) in [5, 5.41) is 0.659. The second-order valence-corrected chi connectivity index (χ2v) is 4.17. The topological polar surface area (TPSA) is 33.2 Å². The van der Waals surface area contributed by atoms with Crippen molar-refractivity contribution in [2.45, 2.75) is 19.8 Å². The van der Waals surface area contributed by atoms with E-state index in [9.17, 15) is 4.79 Å². The maximum absolute atomic E-state index is 11.3. The normalized spacial score (nSPS) is 16.9. The van der Waals surface area contributed by atoms with E-state index in [0.29, 0.717) is 18.0 Å². The van der Waals surface area contributed by atoms with Gasteiger partial charge in [0.15, 0.2) is 5.78 Å². The lowest BCUT2D eigenvalue weighted by atomic mass is 10.1. The number of ketones is 1. The van der Waals surface area contributed by atoms with Crippen molar-refractivity contribution in [2.75, 3.05) is 18.0 Å². The molecule has 0 aliphatic carbocycles. The molecule has 0 atom stereocenters. The van der Waals surface area contributed by atoms with Crippen LogP contribution in [0.1, 0.15) is 18.5 Å². The molecule has 2 rings (SSSR count). The lowest BCUT2D eigenvalue weighted by Gasteiger charge is -2.28. The fraction of sp³-hybridized carbons (Fsp3) is 0.455. The van der Waals surface area contributed by atoms with Crippen LogP contribution in [0, 0.1) is 6.92 Å². The number of piperidine rings is 1. The Morgan fingerprint density at radius 2 is 2.33 bits per heavy atom. The standard InChI is InChI=1S/C11H13ClN2O/c1-8-11(12)10(4-5-13-8)14-6-2-3-9(15)7-14/h4-5H,2-3,6-7H2,1H3. The highest BCUT2D eigenvalue weighted by molar-refractivity contribution is 6.33. The van der Waals surface area contributed by atoms with Crippen molar-refractivity contribution in [3.05, 3.63) is 23.0 Å². The summed E-state index contributed by atoms with van der Waals surface area (Å²) >= 11 is 6.16. The smallest absolute Gasteiger partial charge is 0.152 e. The van der Waals surface area contributed by atoms with Crippen molar-refractivity contribution >= 4 is 23.1 Å². The molecule has 80 valence electrons. The van der Waals surface area contributed by atoms with Crippen molar-refractivity contribution in [3.63, 3.8) is 0 Å². The second kappa shape index (κ2) is 4.19. The first-order valence-electron chi connectivity index (χ1n) is 5.06. The van der Waals surface area contributed by atoms with E-state index in [1.807, 2.05) is 17.9 Å². The second-order valence-electron chi connectivity index (χ2n) is 3.79. The zero-order valence-electron chi connectivity index (χ0n) is 8.66. The summed E-state index contributed by atoms with van der Waals surface area (Å²) in [6, 6.07) is 1.87. The van der Waals surface area contributed by atoms with E-state index in [4.69, 9.17) is 11.6 Å². The largest absolute Gasteiger partial charge is 0.363 e. The quantitative estimate of drug-likeness (QED) is 0.734. The molecule has 1 aromatic heterocycles. The highest BCUT2D eigenvalue weighted by Crippen LogP contribution is 2.28. The third kappa shape index (κ3) is 2.12. The van der Waals surface area contributed by atoms with Gasteiger partial charge in [-0.05, 0) is 19.4 Å². The van der Waals surface area contributed by atoms with Crippen LogP contribution in [0.2, 0.25) is 5.02 Å². The van der Waals surface area contributed by atoms with Crippen LogP contribution in [0.5, 0.6) is 0 Å². The molecular formula is C11H13ClN2O. The Morgan fingerprint density at radius 3 is 3.07 bits per heavy atom.